The van der Waals surface area contributed by atoms with Crippen molar-refractivity contribution in [2.75, 3.05) is 13.6 Å². The van der Waals surface area contributed by atoms with Gasteiger partial charge in [0.2, 0.25) is 0 Å². The van der Waals surface area contributed by atoms with E-state index >= 15 is 0 Å². The van der Waals surface area contributed by atoms with Crippen LogP contribution >= 0.6 is 11.6 Å². The van der Waals surface area contributed by atoms with E-state index in [0.717, 1.165) is 23.7 Å². The smallest absolute Gasteiger partial charge is 0.123 e. The predicted molar refractivity (Wildman–Crippen MR) is 79.2 cm³/mol. The molecule has 1 heterocycles. The minimum atomic E-state index is 0.0438. The van der Waals surface area contributed by atoms with Gasteiger partial charge < -0.3 is 10.1 Å². The predicted octanol–water partition coefficient (Wildman–Crippen LogP) is 4.13. The summed E-state index contributed by atoms with van der Waals surface area (Å²) in [5.41, 5.74) is 1.37. The fraction of sp³-hybridized carbons (Fsp3) is 0.625. The summed E-state index contributed by atoms with van der Waals surface area (Å²) in [7, 11) is 2.02. The first kappa shape index (κ1) is 13.3. The third-order valence-corrected chi connectivity index (χ3v) is 4.91. The van der Waals surface area contributed by atoms with Crippen LogP contribution in [0.4, 0.5) is 0 Å². The number of rotatable bonds is 3. The zero-order chi connectivity index (χ0) is 13.3. The molecule has 3 rings (SSSR count). The van der Waals surface area contributed by atoms with Gasteiger partial charge in [-0.2, -0.15) is 0 Å². The molecule has 1 aliphatic heterocycles. The second-order valence-electron chi connectivity index (χ2n) is 5.85. The summed E-state index contributed by atoms with van der Waals surface area (Å²) in [6.45, 7) is 1.03. The molecule has 1 N–H and O–H groups in total. The molecule has 2 nitrogen and oxygen atoms in total. The highest BCUT2D eigenvalue weighted by Gasteiger charge is 2.48. The summed E-state index contributed by atoms with van der Waals surface area (Å²) in [5, 5.41) is 4.10. The van der Waals surface area contributed by atoms with Crippen molar-refractivity contribution >= 4 is 11.6 Å². The Morgan fingerprint density at radius 3 is 2.84 bits per heavy atom. The van der Waals surface area contributed by atoms with Crippen LogP contribution in [0.3, 0.4) is 0 Å². The normalized spacial score (nSPS) is 24.2. The largest absolute Gasteiger partial charge is 0.486 e. The molecule has 1 unspecified atom stereocenters. The number of benzene rings is 1. The first-order chi connectivity index (χ1) is 9.25. The highest BCUT2D eigenvalue weighted by atomic mass is 35.5. The molecular weight excluding hydrogens is 258 g/mol. The quantitative estimate of drug-likeness (QED) is 0.898. The van der Waals surface area contributed by atoms with Gasteiger partial charge in [-0.25, -0.2) is 0 Å². The van der Waals surface area contributed by atoms with E-state index in [1.54, 1.807) is 0 Å². The number of ether oxygens (including phenoxy) is 1. The minimum absolute atomic E-state index is 0.0438. The fourth-order valence-corrected chi connectivity index (χ4v) is 3.95. The van der Waals surface area contributed by atoms with Gasteiger partial charge in [0.25, 0.3) is 0 Å². The maximum absolute atomic E-state index is 6.41. The van der Waals surface area contributed by atoms with Crippen molar-refractivity contribution in [1.29, 1.82) is 0 Å². The molecule has 0 bridgehead atoms. The van der Waals surface area contributed by atoms with Gasteiger partial charge in [0.1, 0.15) is 11.4 Å². The molecule has 3 heteroatoms. The molecule has 0 saturated heterocycles. The van der Waals surface area contributed by atoms with E-state index in [4.69, 9.17) is 16.3 Å². The molecule has 0 aromatic heterocycles. The Balaban J connectivity index is 1.94. The Hall–Kier alpha value is -0.730. The zero-order valence-electron chi connectivity index (χ0n) is 11.5. The molecule has 1 saturated carbocycles. The van der Waals surface area contributed by atoms with Gasteiger partial charge in [0.05, 0.1) is 0 Å². The number of hydrogen-bond acceptors (Lipinski definition) is 2. The van der Waals surface area contributed by atoms with Crippen LogP contribution < -0.4 is 10.1 Å². The van der Waals surface area contributed by atoms with Crippen LogP contribution in [-0.4, -0.2) is 19.2 Å². The average Bonchev–Trinajstić information content (AvgIpc) is 2.70. The summed E-state index contributed by atoms with van der Waals surface area (Å²) in [6, 6.07) is 6.10. The van der Waals surface area contributed by atoms with Gasteiger partial charge in [-0.3, -0.25) is 0 Å². The molecule has 1 aliphatic carbocycles. The topological polar surface area (TPSA) is 21.3 Å². The maximum atomic E-state index is 6.41. The third kappa shape index (κ3) is 2.36. The van der Waals surface area contributed by atoms with Crippen molar-refractivity contribution in [3.8, 4) is 5.75 Å². The van der Waals surface area contributed by atoms with Crippen LogP contribution in [0.25, 0.3) is 0 Å². The van der Waals surface area contributed by atoms with Crippen LogP contribution in [0.1, 0.15) is 50.0 Å². The maximum Gasteiger partial charge on any atom is 0.123 e. The molecule has 0 radical (unpaired) electrons. The van der Waals surface area contributed by atoms with Crippen LogP contribution in [-0.2, 0) is 0 Å². The SMILES string of the molecule is CNCCC1c2cc(Cl)ccc2OC12CCCCC2. The molecule has 1 spiro atoms. The third-order valence-electron chi connectivity index (χ3n) is 4.68. The van der Waals surface area contributed by atoms with Gasteiger partial charge in [-0.1, -0.05) is 18.0 Å². The van der Waals surface area contributed by atoms with E-state index < -0.39 is 0 Å². The summed E-state index contributed by atoms with van der Waals surface area (Å²) in [4.78, 5) is 0. The monoisotopic (exact) mass is 279 g/mol. The van der Waals surface area contributed by atoms with Crippen molar-refractivity contribution in [1.82, 2.24) is 5.32 Å². The van der Waals surface area contributed by atoms with Crippen LogP contribution in [0.2, 0.25) is 5.02 Å². The second-order valence-corrected chi connectivity index (χ2v) is 6.29. The van der Waals surface area contributed by atoms with Crippen molar-refractivity contribution in [2.24, 2.45) is 0 Å². The van der Waals surface area contributed by atoms with Crippen LogP contribution in [0, 0.1) is 0 Å². The lowest BCUT2D eigenvalue weighted by molar-refractivity contribution is 0.0264. The highest BCUT2D eigenvalue weighted by molar-refractivity contribution is 6.30. The lowest BCUT2D eigenvalue weighted by atomic mass is 9.73. The summed E-state index contributed by atoms with van der Waals surface area (Å²) in [6.07, 6.45) is 7.43. The standard InChI is InChI=1S/C16H22ClNO/c1-18-10-7-14-13-11-12(17)5-6-15(13)19-16(14)8-3-2-4-9-16/h5-6,11,14,18H,2-4,7-10H2,1H3. The second kappa shape index (κ2) is 5.34. The van der Waals surface area contributed by atoms with Gasteiger partial charge in [0.15, 0.2) is 0 Å². The molecule has 1 fully saturated rings. The summed E-state index contributed by atoms with van der Waals surface area (Å²) in [5.74, 6) is 1.56. The first-order valence-electron chi connectivity index (χ1n) is 7.38. The Morgan fingerprint density at radius 2 is 2.11 bits per heavy atom. The van der Waals surface area contributed by atoms with Gasteiger partial charge in [0, 0.05) is 16.5 Å². The van der Waals surface area contributed by atoms with E-state index in [1.807, 2.05) is 19.2 Å². The lowest BCUT2D eigenvalue weighted by Gasteiger charge is -2.38. The summed E-state index contributed by atoms with van der Waals surface area (Å²) < 4.78 is 6.41. The van der Waals surface area contributed by atoms with E-state index in [0.29, 0.717) is 5.92 Å². The van der Waals surface area contributed by atoms with E-state index in [9.17, 15) is 0 Å². The van der Waals surface area contributed by atoms with Crippen LogP contribution in [0.5, 0.6) is 5.75 Å². The number of halogens is 1. The molecule has 19 heavy (non-hydrogen) atoms. The number of fused-ring (bicyclic) bond motifs is 1. The van der Waals surface area contributed by atoms with Crippen LogP contribution in [0.15, 0.2) is 18.2 Å². The minimum Gasteiger partial charge on any atom is -0.486 e. The Kier molecular flexibility index (Phi) is 3.72. The number of nitrogens with one attached hydrogen (secondary N) is 1. The molecule has 0 amide bonds. The number of hydrogen-bond donors (Lipinski definition) is 1. The van der Waals surface area contributed by atoms with E-state index in [2.05, 4.69) is 11.4 Å². The fourth-order valence-electron chi connectivity index (χ4n) is 3.77. The molecule has 2 aliphatic rings. The van der Waals surface area contributed by atoms with Crippen molar-refractivity contribution in [3.63, 3.8) is 0 Å². The Morgan fingerprint density at radius 1 is 1.32 bits per heavy atom. The average molecular weight is 280 g/mol. The molecule has 1 aromatic rings. The molecule has 1 atom stereocenters. The van der Waals surface area contributed by atoms with E-state index in [1.165, 1.54) is 37.7 Å². The molecule has 1 aromatic carbocycles. The first-order valence-corrected chi connectivity index (χ1v) is 7.76. The zero-order valence-corrected chi connectivity index (χ0v) is 12.3. The van der Waals surface area contributed by atoms with Gasteiger partial charge in [-0.15, -0.1) is 0 Å². The Bertz CT molecular complexity index is 454. The lowest BCUT2D eigenvalue weighted by Crippen LogP contribution is -2.41. The van der Waals surface area contributed by atoms with Crippen molar-refractivity contribution in [2.45, 2.75) is 50.0 Å². The Labute approximate surface area is 120 Å². The van der Waals surface area contributed by atoms with E-state index in [-0.39, 0.29) is 5.60 Å². The molecular formula is C16H22ClNO. The van der Waals surface area contributed by atoms with Crippen molar-refractivity contribution in [3.05, 3.63) is 28.8 Å². The highest BCUT2D eigenvalue weighted by Crippen LogP contribution is 2.53. The van der Waals surface area contributed by atoms with Gasteiger partial charge in [-0.05, 0) is 63.9 Å². The van der Waals surface area contributed by atoms with Gasteiger partial charge >= 0.3 is 0 Å². The summed E-state index contributed by atoms with van der Waals surface area (Å²) >= 11 is 6.18. The molecule has 104 valence electrons. The van der Waals surface area contributed by atoms with Crippen molar-refractivity contribution < 1.29 is 4.74 Å².